The van der Waals surface area contributed by atoms with E-state index in [4.69, 9.17) is 16.1 Å². The van der Waals surface area contributed by atoms with E-state index in [0.717, 1.165) is 25.7 Å². The Bertz CT molecular complexity index is 1650. The number of rotatable bonds is 9. The Hall–Kier alpha value is -4.25. The summed E-state index contributed by atoms with van der Waals surface area (Å²) in [5, 5.41) is 11.5. The molecule has 0 saturated carbocycles. The van der Waals surface area contributed by atoms with Gasteiger partial charge in [0.25, 0.3) is 5.91 Å². The van der Waals surface area contributed by atoms with Crippen molar-refractivity contribution in [2.24, 2.45) is 5.73 Å². The van der Waals surface area contributed by atoms with E-state index < -0.39 is 5.91 Å². The molecule has 0 fully saturated rings. The number of hydrogen-bond acceptors (Lipinski definition) is 7. The predicted octanol–water partition coefficient (Wildman–Crippen LogP) is 5.10. The van der Waals surface area contributed by atoms with Crippen LogP contribution in [0.3, 0.4) is 0 Å². The number of anilines is 1. The summed E-state index contributed by atoms with van der Waals surface area (Å²) in [4.78, 5) is 33.1. The number of amides is 1. The Kier molecular flexibility index (Phi) is 7.64. The Balaban J connectivity index is 1.36. The van der Waals surface area contributed by atoms with Gasteiger partial charge in [-0.2, -0.15) is 0 Å². The molecule has 0 spiro atoms. The first kappa shape index (κ1) is 25.4. The molecule has 6 N–H and O–H groups in total. The van der Waals surface area contributed by atoms with Crippen molar-refractivity contribution in [1.82, 2.24) is 14.7 Å². The summed E-state index contributed by atoms with van der Waals surface area (Å²) in [5.74, 6) is -0.443. The number of nitrogen functional groups attached to an aromatic ring is 1. The zero-order chi connectivity index (χ0) is 26.5. The van der Waals surface area contributed by atoms with Crippen LogP contribution in [0.1, 0.15) is 32.5 Å². The van der Waals surface area contributed by atoms with Gasteiger partial charge < -0.3 is 16.0 Å². The molecular weight excluding hydrogens is 516 g/mol. The summed E-state index contributed by atoms with van der Waals surface area (Å²) < 4.78 is 4.65. The molecule has 0 saturated heterocycles. The minimum absolute atomic E-state index is 0.0297. The third kappa shape index (κ3) is 6.00. The quantitative estimate of drug-likeness (QED) is 0.100. The molecule has 0 aliphatic carbocycles. The lowest BCUT2D eigenvalue weighted by Gasteiger charge is -2.17. The molecule has 10 heteroatoms. The largest absolute Gasteiger partial charge is 0.384 e. The molecule has 3 aromatic carbocycles. The first-order valence-electron chi connectivity index (χ1n) is 11.8. The lowest BCUT2D eigenvalue weighted by molar-refractivity contribution is 0.102. The number of aromatic nitrogens is 2. The van der Waals surface area contributed by atoms with Gasteiger partial charge in [-0.15, -0.1) is 11.3 Å². The molecule has 0 bridgehead atoms. The van der Waals surface area contributed by atoms with Crippen molar-refractivity contribution in [3.8, 4) is 0 Å². The van der Waals surface area contributed by atoms with E-state index in [9.17, 15) is 9.59 Å². The highest BCUT2D eigenvalue weighted by Gasteiger charge is 2.18. The van der Waals surface area contributed by atoms with Gasteiger partial charge in [-0.3, -0.25) is 15.0 Å². The molecule has 0 aliphatic rings. The highest BCUT2D eigenvalue weighted by molar-refractivity contribution is 7.97. The van der Waals surface area contributed by atoms with Gasteiger partial charge in [0.05, 0.1) is 16.3 Å². The lowest BCUT2D eigenvalue weighted by atomic mass is 10.0. The summed E-state index contributed by atoms with van der Waals surface area (Å²) in [7, 11) is 0. The van der Waals surface area contributed by atoms with Gasteiger partial charge in [0.15, 0.2) is 5.43 Å². The van der Waals surface area contributed by atoms with Crippen LogP contribution in [0, 0.1) is 5.41 Å². The summed E-state index contributed by atoms with van der Waals surface area (Å²) >= 11 is 3.07. The summed E-state index contributed by atoms with van der Waals surface area (Å²) in [5.41, 5.74) is 8.65. The maximum Gasteiger partial charge on any atom is 0.261 e. The molecule has 1 amide bonds. The van der Waals surface area contributed by atoms with Crippen LogP contribution in [0.4, 0.5) is 5.69 Å². The summed E-state index contributed by atoms with van der Waals surface area (Å²) in [6, 6.07) is 24.3. The van der Waals surface area contributed by atoms with Gasteiger partial charge in [-0.1, -0.05) is 36.4 Å². The molecule has 2 aromatic heterocycles. The van der Waals surface area contributed by atoms with E-state index in [-0.39, 0.29) is 22.9 Å². The third-order valence-electron chi connectivity index (χ3n) is 5.77. The molecular formula is C28H24N6O2S2. The van der Waals surface area contributed by atoms with E-state index in [1.54, 1.807) is 17.4 Å². The molecule has 1 unspecified atom stereocenters. The van der Waals surface area contributed by atoms with Gasteiger partial charge in [0, 0.05) is 34.6 Å². The van der Waals surface area contributed by atoms with Crippen molar-refractivity contribution in [1.29, 1.82) is 5.41 Å². The second-order valence-electron chi connectivity index (χ2n) is 8.51. The number of thiazole rings is 1. The molecule has 0 aliphatic heterocycles. The highest BCUT2D eigenvalue weighted by atomic mass is 32.2. The molecule has 38 heavy (non-hydrogen) atoms. The number of hydrogen-bond donors (Lipinski definition) is 5. The van der Waals surface area contributed by atoms with Crippen LogP contribution >= 0.6 is 23.3 Å². The topological polar surface area (TPSA) is 137 Å². The first-order valence-corrected chi connectivity index (χ1v) is 13.4. The standard InChI is InChI=1S/C28H24N6O2S2/c29-26(30)18-6-3-5-17(13-18)14-23(28-33-22-9-1-2-10-25(22)37-28)34-38-20-8-4-7-19(15-20)32-27(36)21-16-31-12-11-24(21)35/h1-13,15-16,23,34H,14H2,(H3,29,30)(H,31,35)(H,32,36). The second kappa shape index (κ2) is 11.4. The van der Waals surface area contributed by atoms with Crippen molar-refractivity contribution >= 4 is 50.9 Å². The number of carbonyl (C=O) groups is 1. The molecule has 1 atom stereocenters. The predicted molar refractivity (Wildman–Crippen MR) is 154 cm³/mol. The zero-order valence-electron chi connectivity index (χ0n) is 20.1. The molecule has 2 heterocycles. The Morgan fingerprint density at radius 3 is 2.74 bits per heavy atom. The number of nitrogens with two attached hydrogens (primary N) is 1. The van der Waals surface area contributed by atoms with E-state index in [1.165, 1.54) is 30.4 Å². The Morgan fingerprint density at radius 1 is 1.08 bits per heavy atom. The fourth-order valence-electron chi connectivity index (χ4n) is 3.89. The number of nitrogens with zero attached hydrogens (tertiary/aromatic N) is 1. The first-order chi connectivity index (χ1) is 18.5. The molecule has 190 valence electrons. The maximum absolute atomic E-state index is 12.6. The zero-order valence-corrected chi connectivity index (χ0v) is 21.7. The number of para-hydroxylation sites is 1. The fourth-order valence-corrected chi connectivity index (χ4v) is 5.79. The second-order valence-corrected chi connectivity index (χ2v) is 10.5. The maximum atomic E-state index is 12.6. The summed E-state index contributed by atoms with van der Waals surface area (Å²) in [6.07, 6.45) is 3.52. The van der Waals surface area contributed by atoms with Crippen LogP contribution in [-0.4, -0.2) is 21.7 Å². The van der Waals surface area contributed by atoms with Crippen LogP contribution in [0.25, 0.3) is 10.2 Å². The molecule has 8 nitrogen and oxygen atoms in total. The monoisotopic (exact) mass is 540 g/mol. The Labute approximate surface area is 227 Å². The number of pyridine rings is 1. The fraction of sp³-hybridized carbons (Fsp3) is 0.0714. The van der Waals surface area contributed by atoms with Crippen molar-refractivity contribution in [2.45, 2.75) is 17.4 Å². The van der Waals surface area contributed by atoms with Crippen LogP contribution in [-0.2, 0) is 6.42 Å². The average molecular weight is 541 g/mol. The van der Waals surface area contributed by atoms with Crippen molar-refractivity contribution in [3.63, 3.8) is 0 Å². The number of benzene rings is 3. The minimum Gasteiger partial charge on any atom is -0.384 e. The van der Waals surface area contributed by atoms with Crippen LogP contribution < -0.4 is 21.2 Å². The van der Waals surface area contributed by atoms with E-state index in [2.05, 4.69) is 21.1 Å². The average Bonchev–Trinajstić information content (AvgIpc) is 3.36. The Morgan fingerprint density at radius 2 is 1.92 bits per heavy atom. The normalized spacial score (nSPS) is 11.8. The summed E-state index contributed by atoms with van der Waals surface area (Å²) in [6.45, 7) is 0. The lowest BCUT2D eigenvalue weighted by Crippen LogP contribution is -2.21. The third-order valence-corrected chi connectivity index (χ3v) is 7.81. The molecule has 5 aromatic rings. The molecule has 0 radical (unpaired) electrons. The van der Waals surface area contributed by atoms with Crippen LogP contribution in [0.2, 0.25) is 0 Å². The van der Waals surface area contributed by atoms with Crippen molar-refractivity contribution < 1.29 is 4.79 Å². The van der Waals surface area contributed by atoms with Gasteiger partial charge in [-0.25, -0.2) is 9.71 Å². The van der Waals surface area contributed by atoms with E-state index >= 15 is 0 Å². The van der Waals surface area contributed by atoms with Crippen molar-refractivity contribution in [2.75, 3.05) is 5.32 Å². The van der Waals surface area contributed by atoms with Gasteiger partial charge in [-0.05, 0) is 60.3 Å². The number of nitrogens with one attached hydrogen (secondary N) is 4. The number of H-pyrrole nitrogens is 1. The minimum atomic E-state index is -0.473. The van der Waals surface area contributed by atoms with Gasteiger partial charge in [0.2, 0.25) is 0 Å². The number of fused-ring (bicyclic) bond motifs is 1. The number of amidine groups is 1. The molecule has 5 rings (SSSR count). The highest BCUT2D eigenvalue weighted by Crippen LogP contribution is 2.31. The van der Waals surface area contributed by atoms with Gasteiger partial charge >= 0.3 is 0 Å². The number of carbonyl (C=O) groups excluding carboxylic acids is 1. The number of aromatic amines is 1. The van der Waals surface area contributed by atoms with Crippen molar-refractivity contribution in [3.05, 3.63) is 123 Å². The van der Waals surface area contributed by atoms with E-state index in [1.807, 2.05) is 60.7 Å². The van der Waals surface area contributed by atoms with E-state index in [0.29, 0.717) is 17.7 Å². The van der Waals surface area contributed by atoms with Gasteiger partial charge in [0.1, 0.15) is 16.4 Å². The SMILES string of the molecule is N=C(N)c1cccc(CC(NSc2cccc(NC(=O)c3c[nH]ccc3=O)c2)c2nc3ccccc3s2)c1. The van der Waals surface area contributed by atoms with Crippen LogP contribution in [0.15, 0.2) is 101 Å². The smallest absolute Gasteiger partial charge is 0.261 e. The van der Waals surface area contributed by atoms with Crippen LogP contribution in [0.5, 0.6) is 0 Å².